The molecule has 0 fully saturated rings. The summed E-state index contributed by atoms with van der Waals surface area (Å²) in [5.41, 5.74) is 2.67. The number of carbonyl (C=O) groups is 1. The van der Waals surface area contributed by atoms with E-state index in [1.807, 2.05) is 31.2 Å². The lowest BCUT2D eigenvalue weighted by atomic mass is 10.1. The van der Waals surface area contributed by atoms with Gasteiger partial charge in [-0.05, 0) is 36.2 Å². The molecule has 20 heavy (non-hydrogen) atoms. The van der Waals surface area contributed by atoms with Gasteiger partial charge in [-0.15, -0.1) is 0 Å². The highest BCUT2D eigenvalue weighted by molar-refractivity contribution is 5.89. The molecular weight excluding hydrogens is 255 g/mol. The second kappa shape index (κ2) is 6.19. The molecule has 2 aromatic carbocycles. The number of halogens is 1. The molecule has 0 radical (unpaired) electrons. The number of nitrogens with one attached hydrogen (secondary N) is 1. The van der Waals surface area contributed by atoms with Crippen molar-refractivity contribution >= 4 is 11.7 Å². The van der Waals surface area contributed by atoms with E-state index in [1.54, 1.807) is 24.1 Å². The van der Waals surface area contributed by atoms with Crippen molar-refractivity contribution in [1.29, 1.82) is 0 Å². The Morgan fingerprint density at radius 3 is 2.65 bits per heavy atom. The quantitative estimate of drug-likeness (QED) is 0.905. The molecule has 104 valence electrons. The predicted octanol–water partition coefficient (Wildman–Crippen LogP) is 3.80. The Labute approximate surface area is 118 Å². The molecule has 0 aliphatic rings. The molecule has 0 atom stereocenters. The zero-order chi connectivity index (χ0) is 14.5. The van der Waals surface area contributed by atoms with E-state index in [9.17, 15) is 9.18 Å². The van der Waals surface area contributed by atoms with Crippen LogP contribution in [-0.2, 0) is 6.54 Å². The highest BCUT2D eigenvalue weighted by Gasteiger charge is 2.10. The lowest BCUT2D eigenvalue weighted by Crippen LogP contribution is -2.31. The highest BCUT2D eigenvalue weighted by atomic mass is 19.1. The van der Waals surface area contributed by atoms with E-state index in [-0.39, 0.29) is 11.8 Å². The minimum absolute atomic E-state index is 0.265. The van der Waals surface area contributed by atoms with Crippen LogP contribution in [0, 0.1) is 12.7 Å². The van der Waals surface area contributed by atoms with Crippen molar-refractivity contribution < 1.29 is 9.18 Å². The van der Waals surface area contributed by atoms with Gasteiger partial charge in [0.2, 0.25) is 0 Å². The summed E-state index contributed by atoms with van der Waals surface area (Å²) in [6.45, 7) is 2.52. The van der Waals surface area contributed by atoms with Crippen molar-refractivity contribution in [1.82, 2.24) is 4.90 Å². The third-order valence-corrected chi connectivity index (χ3v) is 3.09. The van der Waals surface area contributed by atoms with E-state index >= 15 is 0 Å². The van der Waals surface area contributed by atoms with Gasteiger partial charge < -0.3 is 10.2 Å². The molecule has 0 aliphatic heterocycles. The highest BCUT2D eigenvalue weighted by Crippen LogP contribution is 2.12. The molecule has 2 amide bonds. The summed E-state index contributed by atoms with van der Waals surface area (Å²) in [5.74, 6) is -0.371. The minimum atomic E-state index is -0.371. The van der Waals surface area contributed by atoms with Crippen LogP contribution in [0.1, 0.15) is 11.1 Å². The SMILES string of the molecule is Cc1ccccc1CN(C)C(=O)Nc1cccc(F)c1. The number of hydrogen-bond donors (Lipinski definition) is 1. The Kier molecular flexibility index (Phi) is 4.35. The maximum atomic E-state index is 13.1. The normalized spacial score (nSPS) is 10.2. The molecule has 0 spiro atoms. The largest absolute Gasteiger partial charge is 0.323 e. The Bertz CT molecular complexity index is 613. The predicted molar refractivity (Wildman–Crippen MR) is 78.1 cm³/mol. The first-order valence-electron chi connectivity index (χ1n) is 6.38. The molecule has 0 saturated carbocycles. The number of benzene rings is 2. The number of aryl methyl sites for hydroxylation is 1. The van der Waals surface area contributed by atoms with Gasteiger partial charge in [-0.2, -0.15) is 0 Å². The summed E-state index contributed by atoms with van der Waals surface area (Å²) >= 11 is 0. The van der Waals surface area contributed by atoms with Gasteiger partial charge in [0, 0.05) is 19.3 Å². The molecular formula is C16H17FN2O. The van der Waals surface area contributed by atoms with Gasteiger partial charge in [-0.25, -0.2) is 9.18 Å². The van der Waals surface area contributed by atoms with Gasteiger partial charge in [0.05, 0.1) is 0 Å². The van der Waals surface area contributed by atoms with E-state index in [0.717, 1.165) is 11.1 Å². The maximum Gasteiger partial charge on any atom is 0.321 e. The maximum absolute atomic E-state index is 13.1. The van der Waals surface area contributed by atoms with Crippen molar-refractivity contribution in [3.63, 3.8) is 0 Å². The van der Waals surface area contributed by atoms with Crippen molar-refractivity contribution in [2.45, 2.75) is 13.5 Å². The van der Waals surface area contributed by atoms with Crippen LogP contribution in [0.4, 0.5) is 14.9 Å². The molecule has 2 aromatic rings. The zero-order valence-corrected chi connectivity index (χ0v) is 11.6. The van der Waals surface area contributed by atoms with Gasteiger partial charge >= 0.3 is 6.03 Å². The Balaban J connectivity index is 2.01. The lowest BCUT2D eigenvalue weighted by Gasteiger charge is -2.19. The molecule has 0 bridgehead atoms. The Hall–Kier alpha value is -2.36. The van der Waals surface area contributed by atoms with Crippen LogP contribution in [0.15, 0.2) is 48.5 Å². The molecule has 0 aliphatic carbocycles. The first-order valence-corrected chi connectivity index (χ1v) is 6.38. The third-order valence-electron chi connectivity index (χ3n) is 3.09. The average molecular weight is 272 g/mol. The van der Waals surface area contributed by atoms with Gasteiger partial charge in [0.25, 0.3) is 0 Å². The standard InChI is InChI=1S/C16H17FN2O/c1-12-6-3-4-7-13(12)11-19(2)16(20)18-15-9-5-8-14(17)10-15/h3-10H,11H2,1-2H3,(H,18,20). The van der Waals surface area contributed by atoms with E-state index in [0.29, 0.717) is 12.2 Å². The number of carbonyl (C=O) groups excluding carboxylic acids is 1. The average Bonchev–Trinajstić information content (AvgIpc) is 2.41. The van der Waals surface area contributed by atoms with Crippen LogP contribution in [0.25, 0.3) is 0 Å². The number of rotatable bonds is 3. The number of nitrogens with zero attached hydrogens (tertiary/aromatic N) is 1. The number of anilines is 1. The smallest absolute Gasteiger partial charge is 0.321 e. The number of amides is 2. The Morgan fingerprint density at radius 1 is 1.20 bits per heavy atom. The fourth-order valence-corrected chi connectivity index (χ4v) is 1.90. The number of urea groups is 1. The summed E-state index contributed by atoms with van der Waals surface area (Å²) in [4.78, 5) is 13.6. The van der Waals surface area contributed by atoms with Crippen molar-refractivity contribution in [2.75, 3.05) is 12.4 Å². The fourth-order valence-electron chi connectivity index (χ4n) is 1.90. The molecule has 0 aromatic heterocycles. The summed E-state index contributed by atoms with van der Waals surface area (Å²) in [6, 6.07) is 13.5. The summed E-state index contributed by atoms with van der Waals surface area (Å²) < 4.78 is 13.1. The van der Waals surface area contributed by atoms with Gasteiger partial charge in [-0.1, -0.05) is 30.3 Å². The van der Waals surface area contributed by atoms with E-state index < -0.39 is 0 Å². The van der Waals surface area contributed by atoms with Gasteiger partial charge in [-0.3, -0.25) is 0 Å². The summed E-state index contributed by atoms with van der Waals surface area (Å²) in [7, 11) is 1.71. The Morgan fingerprint density at radius 2 is 1.95 bits per heavy atom. The lowest BCUT2D eigenvalue weighted by molar-refractivity contribution is 0.220. The molecule has 0 saturated heterocycles. The first kappa shape index (κ1) is 14.1. The summed E-state index contributed by atoms with van der Waals surface area (Å²) in [5, 5.41) is 2.67. The second-order valence-corrected chi connectivity index (χ2v) is 4.72. The first-order chi connectivity index (χ1) is 9.56. The zero-order valence-electron chi connectivity index (χ0n) is 11.6. The minimum Gasteiger partial charge on any atom is -0.323 e. The molecule has 1 N–H and O–H groups in total. The fraction of sp³-hybridized carbons (Fsp3) is 0.188. The van der Waals surface area contributed by atoms with Gasteiger partial charge in [0.1, 0.15) is 5.82 Å². The van der Waals surface area contributed by atoms with Crippen molar-refractivity contribution in [3.05, 3.63) is 65.5 Å². The molecule has 2 rings (SSSR count). The number of hydrogen-bond acceptors (Lipinski definition) is 1. The van der Waals surface area contributed by atoms with Crippen LogP contribution >= 0.6 is 0 Å². The summed E-state index contributed by atoms with van der Waals surface area (Å²) in [6.07, 6.45) is 0. The van der Waals surface area contributed by atoms with Gasteiger partial charge in [0.15, 0.2) is 0 Å². The van der Waals surface area contributed by atoms with E-state index in [1.165, 1.54) is 12.1 Å². The van der Waals surface area contributed by atoms with Crippen molar-refractivity contribution in [2.24, 2.45) is 0 Å². The van der Waals surface area contributed by atoms with Crippen LogP contribution in [0.5, 0.6) is 0 Å². The monoisotopic (exact) mass is 272 g/mol. The molecule has 0 heterocycles. The molecule has 0 unspecified atom stereocenters. The second-order valence-electron chi connectivity index (χ2n) is 4.72. The van der Waals surface area contributed by atoms with Crippen LogP contribution in [0.3, 0.4) is 0 Å². The molecule has 4 heteroatoms. The van der Waals surface area contributed by atoms with Crippen LogP contribution in [-0.4, -0.2) is 18.0 Å². The van der Waals surface area contributed by atoms with E-state index in [2.05, 4.69) is 5.32 Å². The molecule has 3 nitrogen and oxygen atoms in total. The van der Waals surface area contributed by atoms with Crippen LogP contribution < -0.4 is 5.32 Å². The van der Waals surface area contributed by atoms with E-state index in [4.69, 9.17) is 0 Å². The topological polar surface area (TPSA) is 32.3 Å². The van der Waals surface area contributed by atoms with Crippen molar-refractivity contribution in [3.8, 4) is 0 Å². The third kappa shape index (κ3) is 3.57. The van der Waals surface area contributed by atoms with Crippen LogP contribution in [0.2, 0.25) is 0 Å².